The number of aryl methyl sites for hydroxylation is 1. The molecule has 0 saturated heterocycles. The molecule has 0 atom stereocenters. The van der Waals surface area contributed by atoms with Crippen molar-refractivity contribution < 1.29 is 14.2 Å². The molecule has 1 aromatic carbocycles. The summed E-state index contributed by atoms with van der Waals surface area (Å²) in [6, 6.07) is 5.65. The number of rotatable bonds is 12. The average Bonchev–Trinajstić information content (AvgIpc) is 2.60. The van der Waals surface area contributed by atoms with Gasteiger partial charge in [0.2, 0.25) is 0 Å². The van der Waals surface area contributed by atoms with Gasteiger partial charge in [0.25, 0.3) is 0 Å². The third-order valence-electron chi connectivity index (χ3n) is 3.42. The number of hydrogen-bond donors (Lipinski definition) is 2. The average molecular weight is 500 g/mol. The van der Waals surface area contributed by atoms with E-state index in [2.05, 4.69) is 15.6 Å². The molecule has 0 fully saturated rings. The Kier molecular flexibility index (Phi) is 15.9. The third-order valence-corrected chi connectivity index (χ3v) is 3.66. The summed E-state index contributed by atoms with van der Waals surface area (Å²) in [7, 11) is 3.43. The first-order chi connectivity index (χ1) is 12.2. The lowest BCUT2D eigenvalue weighted by Gasteiger charge is -2.13. The van der Waals surface area contributed by atoms with E-state index in [4.69, 9.17) is 25.8 Å². The van der Waals surface area contributed by atoms with Gasteiger partial charge in [-0.2, -0.15) is 0 Å². The van der Waals surface area contributed by atoms with Crippen molar-refractivity contribution in [2.75, 3.05) is 53.7 Å². The lowest BCUT2D eigenvalue weighted by molar-refractivity contribution is 0.0698. The Balaban J connectivity index is 0.00000625. The van der Waals surface area contributed by atoms with Crippen LogP contribution >= 0.6 is 35.6 Å². The molecule has 150 valence electrons. The molecule has 6 nitrogen and oxygen atoms in total. The Bertz CT molecular complexity index is 518. The van der Waals surface area contributed by atoms with Crippen LogP contribution in [0, 0.1) is 6.92 Å². The zero-order chi connectivity index (χ0) is 18.3. The van der Waals surface area contributed by atoms with E-state index in [1.54, 1.807) is 14.2 Å². The van der Waals surface area contributed by atoms with Gasteiger partial charge in [0, 0.05) is 38.9 Å². The monoisotopic (exact) mass is 499 g/mol. The maximum Gasteiger partial charge on any atom is 0.190 e. The molecule has 8 heteroatoms. The molecular formula is C18H31ClIN3O3. The van der Waals surface area contributed by atoms with Crippen LogP contribution in [0.3, 0.4) is 0 Å². The molecule has 0 radical (unpaired) electrons. The van der Waals surface area contributed by atoms with Crippen LogP contribution in [0.25, 0.3) is 0 Å². The molecule has 0 aromatic heterocycles. The second-order valence-corrected chi connectivity index (χ2v) is 5.93. The summed E-state index contributed by atoms with van der Waals surface area (Å²) in [6.45, 7) is 6.21. The van der Waals surface area contributed by atoms with E-state index in [-0.39, 0.29) is 24.0 Å². The number of halogens is 2. The molecular weight excluding hydrogens is 469 g/mol. The number of methoxy groups -OCH3 is 1. The highest BCUT2D eigenvalue weighted by atomic mass is 127. The van der Waals surface area contributed by atoms with E-state index in [1.165, 1.54) is 0 Å². The maximum absolute atomic E-state index is 5.94. The topological polar surface area (TPSA) is 64.1 Å². The molecule has 2 N–H and O–H groups in total. The van der Waals surface area contributed by atoms with E-state index in [0.29, 0.717) is 26.4 Å². The molecule has 1 rings (SSSR count). The predicted octanol–water partition coefficient (Wildman–Crippen LogP) is 3.25. The molecule has 0 bridgehead atoms. The predicted molar refractivity (Wildman–Crippen MR) is 118 cm³/mol. The van der Waals surface area contributed by atoms with Gasteiger partial charge in [-0.1, -0.05) is 11.6 Å². The summed E-state index contributed by atoms with van der Waals surface area (Å²) in [5, 5.41) is 7.25. The summed E-state index contributed by atoms with van der Waals surface area (Å²) in [5.74, 6) is 1.67. The molecule has 0 aliphatic heterocycles. The Morgan fingerprint density at radius 3 is 2.38 bits per heavy atom. The molecule has 0 aliphatic carbocycles. The summed E-state index contributed by atoms with van der Waals surface area (Å²) in [6.07, 6.45) is 1.80. The largest absolute Gasteiger partial charge is 0.493 e. The lowest BCUT2D eigenvalue weighted by Crippen LogP contribution is -2.38. The van der Waals surface area contributed by atoms with Crippen LogP contribution in [-0.2, 0) is 9.47 Å². The lowest BCUT2D eigenvalue weighted by atomic mass is 10.2. The number of aliphatic imine (C=N–C) groups is 1. The Labute approximate surface area is 179 Å². The van der Waals surface area contributed by atoms with Crippen LogP contribution in [-0.4, -0.2) is 59.6 Å². The fourth-order valence-corrected chi connectivity index (χ4v) is 2.31. The van der Waals surface area contributed by atoms with Crippen LogP contribution in [0.5, 0.6) is 5.75 Å². The van der Waals surface area contributed by atoms with Gasteiger partial charge < -0.3 is 24.8 Å². The number of ether oxygens (including phenoxy) is 3. The Morgan fingerprint density at radius 1 is 1.08 bits per heavy atom. The smallest absolute Gasteiger partial charge is 0.190 e. The summed E-state index contributed by atoms with van der Waals surface area (Å²) >= 11 is 5.94. The highest BCUT2D eigenvalue weighted by molar-refractivity contribution is 14.0. The van der Waals surface area contributed by atoms with Crippen LogP contribution in [0.15, 0.2) is 23.2 Å². The first kappa shape index (κ1) is 25.2. The minimum absolute atomic E-state index is 0. The van der Waals surface area contributed by atoms with Crippen LogP contribution in [0.2, 0.25) is 5.02 Å². The second kappa shape index (κ2) is 16.4. The molecule has 0 saturated carbocycles. The highest BCUT2D eigenvalue weighted by Gasteiger charge is 2.01. The summed E-state index contributed by atoms with van der Waals surface area (Å²) in [4.78, 5) is 4.19. The SMILES string of the molecule is CN=C(NCCCOCCOC)NCCCOc1ccc(Cl)cc1C.I. The van der Waals surface area contributed by atoms with E-state index in [0.717, 1.165) is 48.2 Å². The Hall–Kier alpha value is -0.770. The van der Waals surface area contributed by atoms with Crippen molar-refractivity contribution in [3.63, 3.8) is 0 Å². The molecule has 0 heterocycles. The second-order valence-electron chi connectivity index (χ2n) is 5.50. The van der Waals surface area contributed by atoms with Gasteiger partial charge >= 0.3 is 0 Å². The number of nitrogens with zero attached hydrogens (tertiary/aromatic N) is 1. The molecule has 0 aliphatic rings. The van der Waals surface area contributed by atoms with Crippen molar-refractivity contribution in [3.8, 4) is 5.75 Å². The standard InChI is InChI=1S/C18H30ClN3O3.HI/c1-15-14-16(19)6-7-17(15)25-11-5-9-22-18(20-2)21-8-4-10-24-13-12-23-3;/h6-7,14H,4-5,8-13H2,1-3H3,(H2,20,21,22);1H. The zero-order valence-corrected chi connectivity index (χ0v) is 18.9. The highest BCUT2D eigenvalue weighted by Crippen LogP contribution is 2.21. The fraction of sp³-hybridized carbons (Fsp3) is 0.611. The minimum atomic E-state index is 0. The fourth-order valence-electron chi connectivity index (χ4n) is 2.08. The van der Waals surface area contributed by atoms with Gasteiger partial charge in [0.05, 0.1) is 19.8 Å². The maximum atomic E-state index is 5.94. The van der Waals surface area contributed by atoms with Crippen LogP contribution in [0.1, 0.15) is 18.4 Å². The summed E-state index contributed by atoms with van der Waals surface area (Å²) in [5.41, 5.74) is 1.05. The van der Waals surface area contributed by atoms with Crippen molar-refractivity contribution in [2.45, 2.75) is 19.8 Å². The minimum Gasteiger partial charge on any atom is -0.493 e. The first-order valence-corrected chi connectivity index (χ1v) is 8.95. The molecule has 0 spiro atoms. The summed E-state index contributed by atoms with van der Waals surface area (Å²) < 4.78 is 16.1. The van der Waals surface area contributed by atoms with E-state index >= 15 is 0 Å². The van der Waals surface area contributed by atoms with Crippen LogP contribution in [0.4, 0.5) is 0 Å². The normalized spacial score (nSPS) is 11.0. The number of nitrogens with one attached hydrogen (secondary N) is 2. The van der Waals surface area contributed by atoms with Crippen molar-refractivity contribution in [3.05, 3.63) is 28.8 Å². The van der Waals surface area contributed by atoms with Crippen molar-refractivity contribution >= 4 is 41.5 Å². The number of guanidine groups is 1. The van der Waals surface area contributed by atoms with Crippen molar-refractivity contribution in [1.82, 2.24) is 10.6 Å². The van der Waals surface area contributed by atoms with Crippen molar-refractivity contribution in [1.29, 1.82) is 0 Å². The zero-order valence-electron chi connectivity index (χ0n) is 15.8. The molecule has 0 unspecified atom stereocenters. The van der Waals surface area contributed by atoms with Gasteiger partial charge in [-0.3, -0.25) is 4.99 Å². The van der Waals surface area contributed by atoms with Crippen molar-refractivity contribution in [2.24, 2.45) is 4.99 Å². The Morgan fingerprint density at radius 2 is 1.77 bits per heavy atom. The van der Waals surface area contributed by atoms with Gasteiger partial charge in [0.15, 0.2) is 5.96 Å². The third kappa shape index (κ3) is 11.8. The van der Waals surface area contributed by atoms with Gasteiger partial charge in [-0.15, -0.1) is 24.0 Å². The van der Waals surface area contributed by atoms with E-state index < -0.39 is 0 Å². The van der Waals surface area contributed by atoms with E-state index in [9.17, 15) is 0 Å². The molecule has 1 aromatic rings. The van der Waals surface area contributed by atoms with E-state index in [1.807, 2.05) is 25.1 Å². The molecule has 0 amide bonds. The first-order valence-electron chi connectivity index (χ1n) is 8.57. The quantitative estimate of drug-likeness (QED) is 0.200. The van der Waals surface area contributed by atoms with Gasteiger partial charge in [-0.05, 0) is 43.5 Å². The molecule has 26 heavy (non-hydrogen) atoms. The van der Waals surface area contributed by atoms with Gasteiger partial charge in [0.1, 0.15) is 5.75 Å². The van der Waals surface area contributed by atoms with Crippen LogP contribution < -0.4 is 15.4 Å². The van der Waals surface area contributed by atoms with Gasteiger partial charge in [-0.25, -0.2) is 0 Å². The number of hydrogen-bond acceptors (Lipinski definition) is 4. The number of benzene rings is 1.